The Morgan fingerprint density at radius 2 is 2.10 bits per heavy atom. The van der Waals surface area contributed by atoms with Gasteiger partial charge in [0.25, 0.3) is 5.91 Å². The van der Waals surface area contributed by atoms with Crippen molar-refractivity contribution in [3.05, 3.63) is 52.3 Å². The van der Waals surface area contributed by atoms with Gasteiger partial charge >= 0.3 is 0 Å². The quantitative estimate of drug-likeness (QED) is 0.168. The van der Waals surface area contributed by atoms with Crippen molar-refractivity contribution in [2.75, 3.05) is 13.2 Å². The number of primary amides is 1. The smallest absolute Gasteiger partial charge is 0.268 e. The van der Waals surface area contributed by atoms with E-state index in [2.05, 4.69) is 10.6 Å². The van der Waals surface area contributed by atoms with Crippen molar-refractivity contribution in [2.24, 2.45) is 17.2 Å². The van der Waals surface area contributed by atoms with Gasteiger partial charge in [0.1, 0.15) is 34.9 Å². The molecule has 1 aromatic rings. The number of ether oxygens (including phenoxy) is 1. The Labute approximate surface area is 186 Å². The number of nitrogens with zero attached hydrogens (tertiary/aromatic N) is 1. The molecule has 0 aliphatic carbocycles. The number of aliphatic hydroxyl groups is 1. The van der Waals surface area contributed by atoms with Gasteiger partial charge in [-0.2, -0.15) is 0 Å². The van der Waals surface area contributed by atoms with Crippen LogP contribution >= 0.6 is 24.0 Å². The highest BCUT2D eigenvalue weighted by molar-refractivity contribution is 6.30. The molecule has 1 amide bonds. The van der Waals surface area contributed by atoms with Crippen molar-refractivity contribution >= 4 is 35.9 Å². The van der Waals surface area contributed by atoms with Crippen LogP contribution in [0.4, 0.5) is 0 Å². The lowest BCUT2D eigenvalue weighted by Crippen LogP contribution is -2.50. The minimum atomic E-state index is -0.829. The molecule has 1 atom stereocenters. The highest BCUT2D eigenvalue weighted by Gasteiger charge is 2.30. The Morgan fingerprint density at radius 3 is 2.70 bits per heavy atom. The molecule has 0 saturated heterocycles. The average Bonchev–Trinajstić information content (AvgIpc) is 2.69. The molecule has 1 aromatic carbocycles. The summed E-state index contributed by atoms with van der Waals surface area (Å²) in [6.45, 7) is 2.11. The van der Waals surface area contributed by atoms with Crippen molar-refractivity contribution < 1.29 is 14.6 Å². The largest absolute Gasteiger partial charge is 0.491 e. The Hall–Kier alpha value is -2.82. The van der Waals surface area contributed by atoms with E-state index in [1.54, 1.807) is 6.07 Å². The lowest BCUT2D eigenvalue weighted by atomic mass is 10.0. The predicted octanol–water partition coefficient (Wildman–Crippen LogP) is 0.687. The zero-order valence-electron chi connectivity index (χ0n) is 16.4. The van der Waals surface area contributed by atoms with Crippen molar-refractivity contribution in [1.29, 1.82) is 5.41 Å². The molecule has 166 valence electrons. The second-order valence-electron chi connectivity index (χ2n) is 6.26. The van der Waals surface area contributed by atoms with Crippen LogP contribution in [0, 0.1) is 5.41 Å². The van der Waals surface area contributed by atoms with Crippen molar-refractivity contribution in [2.45, 2.75) is 25.8 Å². The monoisotopic (exact) mass is 459 g/mol. The number of halogens is 2. The Morgan fingerprint density at radius 1 is 1.40 bits per heavy atom. The lowest BCUT2D eigenvalue weighted by molar-refractivity contribution is -0.115. The van der Waals surface area contributed by atoms with Gasteiger partial charge in [0, 0.05) is 0 Å². The Kier molecular flexibility index (Phi) is 9.57. The molecule has 10 N–H and O–H groups in total. The number of guanidine groups is 1. The molecule has 12 heteroatoms. The maximum atomic E-state index is 11.6. The van der Waals surface area contributed by atoms with Gasteiger partial charge in [-0.15, -0.1) is 12.4 Å². The first-order valence-electron chi connectivity index (χ1n) is 9.00. The normalized spacial score (nSPS) is 14.6. The van der Waals surface area contributed by atoms with Crippen molar-refractivity contribution in [3.8, 4) is 5.75 Å². The SMILES string of the molecule is CCCC(NC(=N)N1C(N)=C(Cl)NC(C(N)=O)=C1N)c1cccc(OCCO)c1.Cl. The van der Waals surface area contributed by atoms with Gasteiger partial charge < -0.3 is 37.7 Å². The fraction of sp³-hybridized carbons (Fsp3) is 0.333. The van der Waals surface area contributed by atoms with Gasteiger partial charge in [0.05, 0.1) is 12.6 Å². The maximum Gasteiger partial charge on any atom is 0.268 e. The molecule has 0 bridgehead atoms. The number of rotatable bonds is 8. The lowest BCUT2D eigenvalue weighted by Gasteiger charge is -2.33. The van der Waals surface area contributed by atoms with Crippen LogP contribution in [0.5, 0.6) is 5.75 Å². The first-order valence-corrected chi connectivity index (χ1v) is 9.38. The standard InChI is InChI=1S/C18H26ClN7O3.ClH/c1-2-4-12(10-5-3-6-11(9-10)29-8-7-27)24-18(23)26-15(20)13(17(22)28)25-14(19)16(26)21;/h3,5-6,9,12,25,27H,2,4,7-8,20-21H2,1H3,(H2,22,28)(H2,23,24);1H. The van der Waals surface area contributed by atoms with E-state index < -0.39 is 5.91 Å². The van der Waals surface area contributed by atoms with Crippen LogP contribution in [0.3, 0.4) is 0 Å². The fourth-order valence-electron chi connectivity index (χ4n) is 2.83. The van der Waals surface area contributed by atoms with Gasteiger partial charge in [0.2, 0.25) is 5.96 Å². The summed E-state index contributed by atoms with van der Waals surface area (Å²) in [5.41, 5.74) is 18.0. The Balaban J connectivity index is 0.00000450. The van der Waals surface area contributed by atoms with Crippen LogP contribution in [0.1, 0.15) is 31.4 Å². The molecule has 0 aromatic heterocycles. The molecular weight excluding hydrogens is 433 g/mol. The van der Waals surface area contributed by atoms with E-state index >= 15 is 0 Å². The van der Waals surface area contributed by atoms with E-state index in [-0.39, 0.29) is 60.1 Å². The molecule has 0 saturated carbocycles. The van der Waals surface area contributed by atoms with Gasteiger partial charge in [-0.1, -0.05) is 37.1 Å². The van der Waals surface area contributed by atoms with Crippen molar-refractivity contribution in [1.82, 2.24) is 15.5 Å². The molecule has 10 nitrogen and oxygen atoms in total. The number of hydrogen-bond acceptors (Lipinski definition) is 7. The van der Waals surface area contributed by atoms with Gasteiger partial charge in [0.15, 0.2) is 0 Å². The third-order valence-corrected chi connectivity index (χ3v) is 4.46. The predicted molar refractivity (Wildman–Crippen MR) is 117 cm³/mol. The van der Waals surface area contributed by atoms with Crippen LogP contribution in [-0.4, -0.2) is 35.1 Å². The second-order valence-corrected chi connectivity index (χ2v) is 6.64. The van der Waals surface area contributed by atoms with Gasteiger partial charge in [-0.3, -0.25) is 10.2 Å². The summed E-state index contributed by atoms with van der Waals surface area (Å²) in [6.07, 6.45) is 1.53. The molecule has 0 spiro atoms. The van der Waals surface area contributed by atoms with Crippen LogP contribution in [-0.2, 0) is 4.79 Å². The number of hydrogen-bond donors (Lipinski definition) is 7. The summed E-state index contributed by atoms with van der Waals surface area (Å²) in [6, 6.07) is 7.06. The molecule has 1 unspecified atom stereocenters. The molecule has 2 rings (SSSR count). The summed E-state index contributed by atoms with van der Waals surface area (Å²) in [7, 11) is 0. The third kappa shape index (κ3) is 5.85. The number of benzene rings is 1. The van der Waals surface area contributed by atoms with E-state index in [0.29, 0.717) is 12.2 Å². The zero-order chi connectivity index (χ0) is 21.6. The molecular formula is C18H27Cl2N7O3. The van der Waals surface area contributed by atoms with E-state index in [9.17, 15) is 4.79 Å². The Bertz CT molecular complexity index is 845. The summed E-state index contributed by atoms with van der Waals surface area (Å²) in [5, 5.41) is 22.9. The van der Waals surface area contributed by atoms with Gasteiger partial charge in [-0.25, -0.2) is 4.90 Å². The van der Waals surface area contributed by atoms with E-state index in [1.165, 1.54) is 0 Å². The van der Waals surface area contributed by atoms with E-state index in [1.807, 2.05) is 25.1 Å². The number of nitrogens with two attached hydrogens (primary N) is 3. The van der Waals surface area contributed by atoms with E-state index in [4.69, 9.17) is 44.1 Å². The molecule has 1 aliphatic rings. The average molecular weight is 460 g/mol. The molecule has 0 fully saturated rings. The van der Waals surface area contributed by atoms with Gasteiger partial charge in [-0.05, 0) is 24.1 Å². The van der Waals surface area contributed by atoms with Crippen LogP contribution in [0.25, 0.3) is 0 Å². The summed E-state index contributed by atoms with van der Waals surface area (Å²) < 4.78 is 5.46. The first kappa shape index (κ1) is 25.2. The first-order chi connectivity index (χ1) is 13.8. The molecule has 1 heterocycles. The second kappa shape index (κ2) is 11.4. The summed E-state index contributed by atoms with van der Waals surface area (Å²) in [4.78, 5) is 12.7. The van der Waals surface area contributed by atoms with Crippen LogP contribution in [0.2, 0.25) is 0 Å². The minimum absolute atomic E-state index is 0. The highest BCUT2D eigenvalue weighted by Crippen LogP contribution is 2.25. The zero-order valence-corrected chi connectivity index (χ0v) is 18.0. The maximum absolute atomic E-state index is 11.6. The summed E-state index contributed by atoms with van der Waals surface area (Å²) >= 11 is 6.04. The number of amides is 1. The minimum Gasteiger partial charge on any atom is -0.491 e. The molecule has 1 aliphatic heterocycles. The number of nitrogens with one attached hydrogen (secondary N) is 3. The van der Waals surface area contributed by atoms with Crippen LogP contribution in [0.15, 0.2) is 46.8 Å². The fourth-order valence-corrected chi connectivity index (χ4v) is 3.01. The number of aliphatic hydroxyl groups excluding tert-OH is 1. The number of carbonyl (C=O) groups is 1. The van der Waals surface area contributed by atoms with Crippen LogP contribution < -0.4 is 32.6 Å². The highest BCUT2D eigenvalue weighted by atomic mass is 35.5. The summed E-state index contributed by atoms with van der Waals surface area (Å²) in [5.74, 6) is -0.566. The topological polar surface area (TPSA) is 176 Å². The number of carbonyl (C=O) groups excluding carboxylic acids is 1. The molecule has 0 radical (unpaired) electrons. The third-order valence-electron chi connectivity index (χ3n) is 4.18. The van der Waals surface area contributed by atoms with Crippen molar-refractivity contribution in [3.63, 3.8) is 0 Å². The van der Waals surface area contributed by atoms with E-state index in [0.717, 1.165) is 16.9 Å². The molecule has 30 heavy (non-hydrogen) atoms.